The number of halogens is 2. The van der Waals surface area contributed by atoms with Crippen LogP contribution in [0.25, 0.3) is 0 Å². The Bertz CT molecular complexity index is 654. The van der Waals surface area contributed by atoms with Crippen LogP contribution >= 0.6 is 15.9 Å². The first kappa shape index (κ1) is 14.9. The predicted octanol–water partition coefficient (Wildman–Crippen LogP) is 4.94. The van der Waals surface area contributed by atoms with Crippen LogP contribution in [0, 0.1) is 26.6 Å². The number of rotatable bonds is 3. The van der Waals surface area contributed by atoms with E-state index in [1.54, 1.807) is 6.07 Å². The molecule has 0 aliphatic heterocycles. The average Bonchev–Trinajstić information content (AvgIpc) is 2.38. The van der Waals surface area contributed by atoms with E-state index in [4.69, 9.17) is 0 Å². The summed E-state index contributed by atoms with van der Waals surface area (Å²) in [6.07, 6.45) is 0.298. The molecule has 0 heterocycles. The molecule has 0 aliphatic rings. The lowest BCUT2D eigenvalue weighted by Gasteiger charge is -2.09. The first-order valence-corrected chi connectivity index (χ1v) is 7.22. The van der Waals surface area contributed by atoms with Gasteiger partial charge in [-0.05, 0) is 67.3 Å². The van der Waals surface area contributed by atoms with E-state index in [1.807, 2.05) is 32.9 Å². The van der Waals surface area contributed by atoms with Crippen molar-refractivity contribution in [2.75, 3.05) is 0 Å². The molecule has 2 aromatic carbocycles. The molecular weight excluding hydrogens is 319 g/mol. The summed E-state index contributed by atoms with van der Waals surface area (Å²) >= 11 is 3.50. The fourth-order valence-corrected chi connectivity index (χ4v) is 2.47. The summed E-state index contributed by atoms with van der Waals surface area (Å²) < 4.78 is 14.1. The lowest BCUT2D eigenvalue weighted by Crippen LogP contribution is -2.06. The third-order valence-electron chi connectivity index (χ3n) is 3.41. The quantitative estimate of drug-likeness (QED) is 0.726. The van der Waals surface area contributed by atoms with Gasteiger partial charge in [-0.2, -0.15) is 0 Å². The molecule has 0 fully saturated rings. The largest absolute Gasteiger partial charge is 0.294 e. The first-order chi connectivity index (χ1) is 9.38. The van der Waals surface area contributed by atoms with Gasteiger partial charge < -0.3 is 0 Å². The molecule has 0 aromatic heterocycles. The molecule has 0 bridgehead atoms. The molecule has 104 valence electrons. The van der Waals surface area contributed by atoms with Crippen molar-refractivity contribution in [3.05, 3.63) is 68.4 Å². The van der Waals surface area contributed by atoms with Crippen molar-refractivity contribution in [2.45, 2.75) is 27.2 Å². The highest BCUT2D eigenvalue weighted by Crippen LogP contribution is 2.23. The van der Waals surface area contributed by atoms with E-state index in [0.717, 1.165) is 26.7 Å². The first-order valence-electron chi connectivity index (χ1n) is 6.43. The molecule has 2 rings (SSSR count). The average molecular weight is 335 g/mol. The van der Waals surface area contributed by atoms with E-state index < -0.39 is 0 Å². The second-order valence-electron chi connectivity index (χ2n) is 5.09. The van der Waals surface area contributed by atoms with Crippen LogP contribution in [0.2, 0.25) is 0 Å². The molecule has 3 heteroatoms. The van der Waals surface area contributed by atoms with Crippen LogP contribution in [0.5, 0.6) is 0 Å². The number of ketones is 1. The van der Waals surface area contributed by atoms with Crippen LogP contribution in [-0.2, 0) is 6.42 Å². The molecule has 0 radical (unpaired) electrons. The van der Waals surface area contributed by atoms with Crippen LogP contribution in [0.1, 0.15) is 32.6 Å². The minimum Gasteiger partial charge on any atom is -0.294 e. The summed E-state index contributed by atoms with van der Waals surface area (Å²) in [7, 11) is 0. The van der Waals surface area contributed by atoms with Crippen molar-refractivity contribution in [1.29, 1.82) is 0 Å². The summed E-state index contributed by atoms with van der Waals surface area (Å²) in [5.41, 5.74) is 4.47. The molecule has 20 heavy (non-hydrogen) atoms. The van der Waals surface area contributed by atoms with Crippen molar-refractivity contribution in [3.63, 3.8) is 0 Å². The Labute approximate surface area is 127 Å². The zero-order valence-corrected chi connectivity index (χ0v) is 13.3. The predicted molar refractivity (Wildman–Crippen MR) is 82.8 cm³/mol. The summed E-state index contributed by atoms with van der Waals surface area (Å²) in [5, 5.41) is 0. The third-order valence-corrected chi connectivity index (χ3v) is 4.66. The summed E-state index contributed by atoms with van der Waals surface area (Å²) in [6, 6.07) is 8.31. The van der Waals surface area contributed by atoms with Gasteiger partial charge >= 0.3 is 0 Å². The fraction of sp³-hybridized carbons (Fsp3) is 0.235. The van der Waals surface area contributed by atoms with Crippen molar-refractivity contribution in [3.8, 4) is 0 Å². The SMILES string of the molecule is Cc1cc(F)ccc1CC(=O)c1cc(C)c(Br)c(C)c1. The Kier molecular flexibility index (Phi) is 4.39. The maximum Gasteiger partial charge on any atom is 0.167 e. The molecule has 0 aliphatic carbocycles. The van der Waals surface area contributed by atoms with Gasteiger partial charge in [0.05, 0.1) is 0 Å². The van der Waals surface area contributed by atoms with E-state index in [2.05, 4.69) is 15.9 Å². The van der Waals surface area contributed by atoms with E-state index in [1.165, 1.54) is 12.1 Å². The van der Waals surface area contributed by atoms with Gasteiger partial charge in [0.25, 0.3) is 0 Å². The van der Waals surface area contributed by atoms with Crippen LogP contribution < -0.4 is 0 Å². The second-order valence-corrected chi connectivity index (χ2v) is 5.89. The molecule has 2 aromatic rings. The van der Waals surface area contributed by atoms with Gasteiger partial charge in [-0.1, -0.05) is 22.0 Å². The van der Waals surface area contributed by atoms with Gasteiger partial charge in [0.15, 0.2) is 5.78 Å². The number of carbonyl (C=O) groups is 1. The highest BCUT2D eigenvalue weighted by atomic mass is 79.9. The summed E-state index contributed by atoms with van der Waals surface area (Å²) in [5.74, 6) is -0.215. The lowest BCUT2D eigenvalue weighted by atomic mass is 9.97. The third kappa shape index (κ3) is 3.15. The van der Waals surface area contributed by atoms with Crippen molar-refractivity contribution >= 4 is 21.7 Å². The van der Waals surface area contributed by atoms with Gasteiger partial charge in [-0.3, -0.25) is 4.79 Å². The highest BCUT2D eigenvalue weighted by Gasteiger charge is 2.12. The Morgan fingerprint density at radius 3 is 2.20 bits per heavy atom. The molecule has 0 unspecified atom stereocenters. The van der Waals surface area contributed by atoms with Gasteiger partial charge in [-0.15, -0.1) is 0 Å². The Morgan fingerprint density at radius 2 is 1.65 bits per heavy atom. The summed E-state index contributed by atoms with van der Waals surface area (Å²) in [4.78, 5) is 12.4. The van der Waals surface area contributed by atoms with Gasteiger partial charge in [-0.25, -0.2) is 4.39 Å². The molecule has 0 atom stereocenters. The standard InChI is InChI=1S/C17H16BrFO/c1-10-8-15(19)5-4-13(10)9-16(20)14-6-11(2)17(18)12(3)7-14/h4-8H,9H2,1-3H3. The minimum absolute atomic E-state index is 0.0541. The van der Waals surface area contributed by atoms with Crippen LogP contribution in [0.4, 0.5) is 4.39 Å². The number of carbonyl (C=O) groups excluding carboxylic acids is 1. The van der Waals surface area contributed by atoms with Gasteiger partial charge in [0, 0.05) is 16.5 Å². The molecular formula is C17H16BrFO. The van der Waals surface area contributed by atoms with E-state index in [0.29, 0.717) is 12.0 Å². The topological polar surface area (TPSA) is 17.1 Å². The molecule has 0 N–H and O–H groups in total. The monoisotopic (exact) mass is 334 g/mol. The number of Topliss-reactive ketones (excluding diaryl/α,β-unsaturated/α-hetero) is 1. The maximum atomic E-state index is 13.1. The zero-order chi connectivity index (χ0) is 14.9. The van der Waals surface area contributed by atoms with Crippen LogP contribution in [0.15, 0.2) is 34.8 Å². The fourth-order valence-electron chi connectivity index (χ4n) is 2.24. The molecule has 0 amide bonds. The van der Waals surface area contributed by atoms with Crippen LogP contribution in [0.3, 0.4) is 0 Å². The number of hydrogen-bond donors (Lipinski definition) is 0. The van der Waals surface area contributed by atoms with Crippen molar-refractivity contribution < 1.29 is 9.18 Å². The Morgan fingerprint density at radius 1 is 1.05 bits per heavy atom. The van der Waals surface area contributed by atoms with Gasteiger partial charge in [0.2, 0.25) is 0 Å². The number of aryl methyl sites for hydroxylation is 3. The lowest BCUT2D eigenvalue weighted by molar-refractivity contribution is 0.0992. The summed E-state index contributed by atoms with van der Waals surface area (Å²) in [6.45, 7) is 5.76. The Balaban J connectivity index is 2.28. The second kappa shape index (κ2) is 5.88. The van der Waals surface area contributed by atoms with Crippen molar-refractivity contribution in [2.24, 2.45) is 0 Å². The van der Waals surface area contributed by atoms with E-state index in [9.17, 15) is 9.18 Å². The van der Waals surface area contributed by atoms with Crippen LogP contribution in [-0.4, -0.2) is 5.78 Å². The normalized spacial score (nSPS) is 10.7. The van der Waals surface area contributed by atoms with Crippen molar-refractivity contribution in [1.82, 2.24) is 0 Å². The van der Waals surface area contributed by atoms with E-state index >= 15 is 0 Å². The number of hydrogen-bond acceptors (Lipinski definition) is 1. The van der Waals surface area contributed by atoms with E-state index in [-0.39, 0.29) is 11.6 Å². The smallest absolute Gasteiger partial charge is 0.167 e. The molecule has 0 saturated carbocycles. The molecule has 0 saturated heterocycles. The highest BCUT2D eigenvalue weighted by molar-refractivity contribution is 9.10. The van der Waals surface area contributed by atoms with Gasteiger partial charge in [0.1, 0.15) is 5.82 Å². The minimum atomic E-state index is -0.269. The molecule has 0 spiro atoms. The Hall–Kier alpha value is -1.48. The number of benzene rings is 2. The zero-order valence-electron chi connectivity index (χ0n) is 11.8. The molecule has 1 nitrogen and oxygen atoms in total. The maximum absolute atomic E-state index is 13.1.